The second-order valence-electron chi connectivity index (χ2n) is 4.65. The largest absolute Gasteiger partial charge is 0.406 e. The number of likely N-dealkylation sites (N-methyl/N-ethyl adjacent to an activating group) is 1. The first-order chi connectivity index (χ1) is 9.61. The van der Waals surface area contributed by atoms with Crippen molar-refractivity contribution in [3.8, 4) is 0 Å². The van der Waals surface area contributed by atoms with Crippen molar-refractivity contribution in [2.24, 2.45) is 0 Å². The van der Waals surface area contributed by atoms with Gasteiger partial charge in [-0.25, -0.2) is 0 Å². The van der Waals surface area contributed by atoms with Crippen LogP contribution in [0.5, 0.6) is 0 Å². The number of para-hydroxylation sites is 1. The molecular formula is C13H16F3N3O2. The number of amides is 2. The summed E-state index contributed by atoms with van der Waals surface area (Å²) in [4.78, 5) is 25.3. The Hall–Kier alpha value is -2.25. The van der Waals surface area contributed by atoms with Gasteiger partial charge in [0, 0.05) is 19.8 Å². The van der Waals surface area contributed by atoms with Gasteiger partial charge >= 0.3 is 6.18 Å². The number of nitrogens with two attached hydrogens (primary N) is 1. The molecule has 0 aliphatic carbocycles. The molecule has 1 aromatic rings. The minimum atomic E-state index is -4.61. The van der Waals surface area contributed by atoms with Crippen molar-refractivity contribution in [3.63, 3.8) is 0 Å². The third kappa shape index (κ3) is 4.97. The summed E-state index contributed by atoms with van der Waals surface area (Å²) in [6.45, 7) is -2.18. The third-order valence-corrected chi connectivity index (χ3v) is 2.67. The summed E-state index contributed by atoms with van der Waals surface area (Å²) in [5.41, 5.74) is 5.59. The van der Waals surface area contributed by atoms with Gasteiger partial charge in [-0.05, 0) is 12.1 Å². The Morgan fingerprint density at radius 3 is 2.24 bits per heavy atom. The van der Waals surface area contributed by atoms with Crippen molar-refractivity contribution in [1.82, 2.24) is 9.80 Å². The minimum Gasteiger partial charge on any atom is -0.398 e. The predicted octanol–water partition coefficient (Wildman–Crippen LogP) is 1.36. The molecule has 1 rings (SSSR count). The van der Waals surface area contributed by atoms with Crippen LogP contribution in [0.25, 0.3) is 0 Å². The number of anilines is 1. The van der Waals surface area contributed by atoms with Gasteiger partial charge in [0.15, 0.2) is 0 Å². The predicted molar refractivity (Wildman–Crippen MR) is 71.5 cm³/mol. The van der Waals surface area contributed by atoms with Gasteiger partial charge < -0.3 is 15.5 Å². The molecule has 0 aliphatic rings. The van der Waals surface area contributed by atoms with Crippen LogP contribution in [0.4, 0.5) is 18.9 Å². The van der Waals surface area contributed by atoms with Crippen molar-refractivity contribution in [2.45, 2.75) is 6.18 Å². The van der Waals surface area contributed by atoms with Gasteiger partial charge in [0.25, 0.3) is 5.91 Å². The van der Waals surface area contributed by atoms with Crippen LogP contribution < -0.4 is 5.73 Å². The van der Waals surface area contributed by atoms with Crippen LogP contribution in [-0.2, 0) is 4.79 Å². The molecule has 2 amide bonds. The molecule has 0 atom stereocenters. The number of halogens is 3. The fraction of sp³-hybridized carbons (Fsp3) is 0.385. The summed E-state index contributed by atoms with van der Waals surface area (Å²) in [7, 11) is 2.80. The maximum Gasteiger partial charge on any atom is 0.406 e. The molecule has 0 unspecified atom stereocenters. The Balaban J connectivity index is 3.03. The lowest BCUT2D eigenvalue weighted by Crippen LogP contribution is -2.45. The maximum absolute atomic E-state index is 12.6. The Morgan fingerprint density at radius 1 is 1.19 bits per heavy atom. The van der Waals surface area contributed by atoms with Crippen LogP contribution in [0.15, 0.2) is 24.3 Å². The number of nitrogens with zero attached hydrogens (tertiary/aromatic N) is 2. The number of alkyl halides is 3. The molecule has 0 fully saturated rings. The highest BCUT2D eigenvalue weighted by atomic mass is 19.4. The molecule has 116 valence electrons. The molecule has 21 heavy (non-hydrogen) atoms. The van der Waals surface area contributed by atoms with E-state index in [4.69, 9.17) is 5.73 Å². The van der Waals surface area contributed by atoms with E-state index < -0.39 is 31.1 Å². The van der Waals surface area contributed by atoms with Gasteiger partial charge in [0.05, 0.1) is 5.56 Å². The molecule has 0 radical (unpaired) electrons. The lowest BCUT2D eigenvalue weighted by atomic mass is 10.1. The van der Waals surface area contributed by atoms with E-state index in [9.17, 15) is 22.8 Å². The van der Waals surface area contributed by atoms with Gasteiger partial charge in [0.2, 0.25) is 5.91 Å². The van der Waals surface area contributed by atoms with Crippen LogP contribution in [0.3, 0.4) is 0 Å². The number of hydrogen-bond donors (Lipinski definition) is 1. The topological polar surface area (TPSA) is 66.6 Å². The normalized spacial score (nSPS) is 11.1. The maximum atomic E-state index is 12.6. The second kappa shape index (κ2) is 6.47. The molecule has 0 saturated carbocycles. The van der Waals surface area contributed by atoms with E-state index >= 15 is 0 Å². The average molecular weight is 303 g/mol. The van der Waals surface area contributed by atoms with Gasteiger partial charge in [-0.2, -0.15) is 13.2 Å². The highest BCUT2D eigenvalue weighted by Crippen LogP contribution is 2.20. The van der Waals surface area contributed by atoms with Crippen molar-refractivity contribution in [2.75, 3.05) is 32.9 Å². The minimum absolute atomic E-state index is 0.0618. The quantitative estimate of drug-likeness (QED) is 0.854. The van der Waals surface area contributed by atoms with E-state index in [0.29, 0.717) is 4.90 Å². The van der Waals surface area contributed by atoms with E-state index in [0.717, 1.165) is 4.90 Å². The molecule has 0 aliphatic heterocycles. The van der Waals surface area contributed by atoms with Crippen molar-refractivity contribution < 1.29 is 22.8 Å². The van der Waals surface area contributed by atoms with E-state index in [1.165, 1.54) is 32.3 Å². The van der Waals surface area contributed by atoms with Gasteiger partial charge in [-0.15, -0.1) is 0 Å². The molecule has 5 nitrogen and oxygen atoms in total. The van der Waals surface area contributed by atoms with Gasteiger partial charge in [0.1, 0.15) is 13.1 Å². The first-order valence-corrected chi connectivity index (χ1v) is 6.02. The molecular weight excluding hydrogens is 287 g/mol. The van der Waals surface area contributed by atoms with Crippen LogP contribution in [0.1, 0.15) is 10.4 Å². The first kappa shape index (κ1) is 16.8. The van der Waals surface area contributed by atoms with Crippen LogP contribution >= 0.6 is 0 Å². The summed E-state index contributed by atoms with van der Waals surface area (Å²) in [5, 5.41) is 0. The number of benzene rings is 1. The fourth-order valence-electron chi connectivity index (χ4n) is 1.58. The number of carbonyl (C=O) groups excluding carboxylic acids is 2. The van der Waals surface area contributed by atoms with Crippen LogP contribution in [0.2, 0.25) is 0 Å². The van der Waals surface area contributed by atoms with E-state index in [2.05, 4.69) is 0 Å². The molecule has 0 saturated heterocycles. The van der Waals surface area contributed by atoms with Crippen LogP contribution in [0, 0.1) is 0 Å². The zero-order valence-corrected chi connectivity index (χ0v) is 11.6. The zero-order valence-electron chi connectivity index (χ0n) is 11.6. The summed E-state index contributed by atoms with van der Waals surface area (Å²) < 4.78 is 37.8. The lowest BCUT2D eigenvalue weighted by molar-refractivity contribution is -0.146. The zero-order chi connectivity index (χ0) is 16.2. The molecule has 2 N–H and O–H groups in total. The smallest absolute Gasteiger partial charge is 0.398 e. The Labute approximate surface area is 120 Å². The summed E-state index contributed by atoms with van der Waals surface area (Å²) >= 11 is 0. The van der Waals surface area contributed by atoms with Crippen molar-refractivity contribution >= 4 is 17.5 Å². The Bertz CT molecular complexity index is 530. The first-order valence-electron chi connectivity index (χ1n) is 6.02. The highest BCUT2D eigenvalue weighted by molar-refractivity contribution is 6.00. The second-order valence-corrected chi connectivity index (χ2v) is 4.65. The molecule has 0 aromatic heterocycles. The van der Waals surface area contributed by atoms with Gasteiger partial charge in [-0.1, -0.05) is 12.1 Å². The number of rotatable bonds is 4. The molecule has 0 bridgehead atoms. The lowest BCUT2D eigenvalue weighted by Gasteiger charge is -2.25. The Kier molecular flexibility index (Phi) is 5.17. The molecule has 1 aromatic carbocycles. The average Bonchev–Trinajstić information content (AvgIpc) is 2.36. The number of hydrogen-bond acceptors (Lipinski definition) is 3. The van der Waals surface area contributed by atoms with Gasteiger partial charge in [-0.3, -0.25) is 9.59 Å². The van der Waals surface area contributed by atoms with Crippen molar-refractivity contribution in [3.05, 3.63) is 29.8 Å². The fourth-order valence-corrected chi connectivity index (χ4v) is 1.58. The SMILES string of the molecule is CN(C)C(=O)CN(CC(F)(F)F)C(=O)c1ccccc1N. The number of nitrogen functional groups attached to an aromatic ring is 1. The summed E-state index contributed by atoms with van der Waals surface area (Å²) in [5.74, 6) is -1.54. The van der Waals surface area contributed by atoms with Crippen LogP contribution in [-0.4, -0.2) is 55.0 Å². The van der Waals surface area contributed by atoms with Crippen molar-refractivity contribution in [1.29, 1.82) is 0 Å². The van der Waals surface area contributed by atoms with E-state index in [1.807, 2.05) is 0 Å². The number of carbonyl (C=O) groups is 2. The Morgan fingerprint density at radius 2 is 1.76 bits per heavy atom. The summed E-state index contributed by atoms with van der Waals surface area (Å²) in [6, 6.07) is 5.78. The molecule has 8 heteroatoms. The standard InChI is InChI=1S/C13H16F3N3O2/c1-18(2)11(20)7-19(8-13(14,15)16)12(21)9-5-3-4-6-10(9)17/h3-6H,7-8,17H2,1-2H3. The molecule has 0 heterocycles. The third-order valence-electron chi connectivity index (χ3n) is 2.67. The van der Waals surface area contributed by atoms with E-state index in [1.54, 1.807) is 6.07 Å². The monoisotopic (exact) mass is 303 g/mol. The highest BCUT2D eigenvalue weighted by Gasteiger charge is 2.34. The van der Waals surface area contributed by atoms with E-state index in [-0.39, 0.29) is 11.3 Å². The summed E-state index contributed by atoms with van der Waals surface area (Å²) in [6.07, 6.45) is -4.61. The molecule has 0 spiro atoms.